The van der Waals surface area contributed by atoms with Crippen LogP contribution in [0.15, 0.2) is 35.6 Å². The van der Waals surface area contributed by atoms with Gasteiger partial charge in [-0.15, -0.1) is 0 Å². The normalized spacial score (nSPS) is 10.4. The van der Waals surface area contributed by atoms with Gasteiger partial charge in [0.15, 0.2) is 0 Å². The number of benzene rings is 1. The van der Waals surface area contributed by atoms with Gasteiger partial charge in [-0.1, -0.05) is 18.2 Å². The van der Waals surface area contributed by atoms with Crippen molar-refractivity contribution in [1.82, 2.24) is 0 Å². The van der Waals surface area contributed by atoms with E-state index in [4.69, 9.17) is 5.21 Å². The Morgan fingerprint density at radius 3 is 2.27 bits per heavy atom. The van der Waals surface area contributed by atoms with Crippen LogP contribution in [0.2, 0.25) is 0 Å². The van der Waals surface area contributed by atoms with Crippen molar-refractivity contribution in [3.05, 3.63) is 35.5 Å². The minimum Gasteiger partial charge on any atom is -0.592 e. The maximum Gasteiger partial charge on any atom is 1.00 e. The maximum atomic E-state index is 10.5. The molecule has 0 aliphatic carbocycles. The molecule has 1 aromatic carbocycles. The molecule has 0 unspecified atom stereocenters. The van der Waals surface area contributed by atoms with Crippen LogP contribution in [0.5, 0.6) is 0 Å². The van der Waals surface area contributed by atoms with Crippen molar-refractivity contribution in [2.45, 2.75) is 0 Å². The first-order chi connectivity index (χ1) is 4.84. The molecule has 1 radical (unpaired) electrons. The third kappa shape index (κ3) is 2.64. The molecule has 0 saturated carbocycles. The monoisotopic (exact) mass is 240 g/mol. The molecule has 4 nitrogen and oxygen atoms in total. The third-order valence-electron chi connectivity index (χ3n) is 1.06. The summed E-state index contributed by atoms with van der Waals surface area (Å²) in [5.41, 5.74) is 0.310. The van der Waals surface area contributed by atoms with Gasteiger partial charge in [0.2, 0.25) is 11.0 Å². The van der Waals surface area contributed by atoms with Gasteiger partial charge in [-0.2, -0.15) is 0 Å². The summed E-state index contributed by atoms with van der Waals surface area (Å²) in [6.45, 7) is 0. The summed E-state index contributed by atoms with van der Waals surface area (Å²) in [5, 5.41) is 21.0. The van der Waals surface area contributed by atoms with E-state index >= 15 is 0 Å². The van der Waals surface area contributed by atoms with E-state index in [1.54, 1.807) is 30.3 Å². The topological polar surface area (TPSA) is 58.7 Å². The molecule has 5 heteroatoms. The van der Waals surface area contributed by atoms with Gasteiger partial charge in [-0.05, 0) is 4.86 Å². The van der Waals surface area contributed by atoms with E-state index in [0.717, 1.165) is 0 Å². The average molecular weight is 239 g/mol. The first-order valence-electron chi connectivity index (χ1n) is 2.72. The van der Waals surface area contributed by atoms with Crippen molar-refractivity contribution >= 4 is 5.69 Å². The second kappa shape index (κ2) is 4.80. The summed E-state index contributed by atoms with van der Waals surface area (Å²) in [4.78, 5) is 0.139. The van der Waals surface area contributed by atoms with Gasteiger partial charge in [-0.25, -0.2) is 0 Å². The van der Waals surface area contributed by atoms with Crippen molar-refractivity contribution in [3.8, 4) is 0 Å². The predicted molar refractivity (Wildman–Crippen MR) is 33.9 cm³/mol. The molecule has 0 fully saturated rings. The summed E-state index contributed by atoms with van der Waals surface area (Å²) in [5.74, 6) is 0. The fourth-order valence-electron chi connectivity index (χ4n) is 0.607. The van der Waals surface area contributed by atoms with Crippen LogP contribution in [0.1, 0.15) is 0 Å². The standard InChI is InChI=1S/C6H6N2O2.Ru/c9-7-8(10)6-4-2-1-3-5-6;/h1-5,9H;/q;+1. The van der Waals surface area contributed by atoms with Gasteiger partial charge in [-0.3, -0.25) is 0 Å². The summed E-state index contributed by atoms with van der Waals surface area (Å²) >= 11 is 0. The first-order valence-corrected chi connectivity index (χ1v) is 2.72. The van der Waals surface area contributed by atoms with Gasteiger partial charge in [0.1, 0.15) is 0 Å². The number of para-hydroxylation sites is 1. The van der Waals surface area contributed by atoms with Crippen molar-refractivity contribution in [2.75, 3.05) is 0 Å². The summed E-state index contributed by atoms with van der Waals surface area (Å²) in [6.07, 6.45) is 0. The molecule has 0 spiro atoms. The molecule has 0 aromatic heterocycles. The van der Waals surface area contributed by atoms with Crippen molar-refractivity contribution in [2.24, 2.45) is 5.28 Å². The van der Waals surface area contributed by atoms with Gasteiger partial charge in [0, 0.05) is 12.1 Å². The molecular formula is C6H6N2O2Ru+. The Labute approximate surface area is 76.5 Å². The second-order valence-corrected chi connectivity index (χ2v) is 1.70. The minimum atomic E-state index is 0. The zero-order valence-electron chi connectivity index (χ0n) is 5.49. The van der Waals surface area contributed by atoms with Gasteiger partial charge in [0.05, 0.1) is 0 Å². The molecule has 1 aromatic rings. The number of hydrogen-bond acceptors (Lipinski definition) is 2. The van der Waals surface area contributed by atoms with E-state index in [1.165, 1.54) is 0 Å². The molecule has 0 aliphatic rings. The largest absolute Gasteiger partial charge is 1.00 e. The number of rotatable bonds is 1. The molecule has 0 aliphatic heterocycles. The molecule has 1 N–H and O–H groups in total. The van der Waals surface area contributed by atoms with E-state index in [0.29, 0.717) is 5.69 Å². The summed E-state index contributed by atoms with van der Waals surface area (Å²) < 4.78 is 0. The molecular weight excluding hydrogens is 233 g/mol. The Bertz CT molecular complexity index is 238. The molecule has 0 heterocycles. The summed E-state index contributed by atoms with van der Waals surface area (Å²) in [6, 6.07) is 8.24. The Hall–Kier alpha value is -0.957. The Balaban J connectivity index is 0.000001000. The van der Waals surface area contributed by atoms with Crippen LogP contribution in [0, 0.1) is 5.21 Å². The van der Waals surface area contributed by atoms with Crippen LogP contribution < -0.4 is 0 Å². The second-order valence-electron chi connectivity index (χ2n) is 1.70. The first kappa shape index (κ1) is 10.0. The van der Waals surface area contributed by atoms with Crippen LogP contribution in [0.25, 0.3) is 0 Å². The van der Waals surface area contributed by atoms with E-state index in [9.17, 15) is 5.21 Å². The van der Waals surface area contributed by atoms with Crippen LogP contribution >= 0.6 is 0 Å². The van der Waals surface area contributed by atoms with Crippen LogP contribution in [-0.4, -0.2) is 10.1 Å². The Morgan fingerprint density at radius 2 is 1.82 bits per heavy atom. The van der Waals surface area contributed by atoms with Crippen molar-refractivity contribution in [3.63, 3.8) is 0 Å². The molecule has 59 valence electrons. The Morgan fingerprint density at radius 1 is 1.27 bits per heavy atom. The predicted octanol–water partition coefficient (Wildman–Crippen LogP) is 1.67. The van der Waals surface area contributed by atoms with Gasteiger partial charge < -0.3 is 10.4 Å². The average Bonchev–Trinajstić information content (AvgIpc) is 2.05. The van der Waals surface area contributed by atoms with Gasteiger partial charge in [0.25, 0.3) is 0 Å². The molecule has 0 amide bonds. The van der Waals surface area contributed by atoms with Crippen LogP contribution in [0.4, 0.5) is 5.69 Å². The van der Waals surface area contributed by atoms with E-state index in [1.807, 2.05) is 0 Å². The summed E-state index contributed by atoms with van der Waals surface area (Å²) in [7, 11) is 0. The number of nitrogens with zero attached hydrogens (tertiary/aromatic N) is 2. The molecule has 11 heavy (non-hydrogen) atoms. The third-order valence-corrected chi connectivity index (χ3v) is 1.06. The van der Waals surface area contributed by atoms with E-state index in [2.05, 4.69) is 5.28 Å². The van der Waals surface area contributed by atoms with Gasteiger partial charge >= 0.3 is 19.5 Å². The van der Waals surface area contributed by atoms with Crippen molar-refractivity contribution < 1.29 is 29.5 Å². The van der Waals surface area contributed by atoms with E-state index < -0.39 is 0 Å². The zero-order valence-corrected chi connectivity index (χ0v) is 7.23. The fourth-order valence-corrected chi connectivity index (χ4v) is 0.607. The van der Waals surface area contributed by atoms with Crippen LogP contribution in [0.3, 0.4) is 0 Å². The number of hydrogen-bond donors (Lipinski definition) is 1. The molecule has 0 atom stereocenters. The maximum absolute atomic E-state index is 10.5. The van der Waals surface area contributed by atoms with E-state index in [-0.39, 0.29) is 24.3 Å². The quantitative estimate of drug-likeness (QED) is 0.350. The SMILES string of the molecule is [O-][N+](=NO)c1ccccc1.[Ru+]. The van der Waals surface area contributed by atoms with Crippen LogP contribution in [-0.2, 0) is 19.5 Å². The Kier molecular flexibility index (Phi) is 4.38. The molecule has 1 rings (SSSR count). The van der Waals surface area contributed by atoms with Crippen molar-refractivity contribution in [1.29, 1.82) is 0 Å². The minimum absolute atomic E-state index is 0. The molecule has 0 bridgehead atoms. The zero-order chi connectivity index (χ0) is 7.40. The smallest absolute Gasteiger partial charge is 0.592 e. The fraction of sp³-hybridized carbons (Fsp3) is 0. The molecule has 0 saturated heterocycles.